The second-order valence-corrected chi connectivity index (χ2v) is 8.97. The number of esters is 1. The van der Waals surface area contributed by atoms with Gasteiger partial charge in [0, 0.05) is 28.8 Å². The maximum atomic E-state index is 13.6. The molecule has 1 fully saturated rings. The summed E-state index contributed by atoms with van der Waals surface area (Å²) >= 11 is 1.37. The SMILES string of the molecule is COC(=O)C1CN(C(=O)c2ccccc2Sc2ccccc2C#N)CC1c1cccc(C#N)c1. The number of benzene rings is 3. The average molecular weight is 468 g/mol. The molecule has 2 unspecified atom stereocenters. The van der Waals surface area contributed by atoms with Crippen molar-refractivity contribution in [1.82, 2.24) is 4.90 Å². The van der Waals surface area contributed by atoms with Gasteiger partial charge in [0.1, 0.15) is 6.07 Å². The number of rotatable bonds is 5. The molecule has 0 bridgehead atoms. The zero-order chi connectivity index (χ0) is 24.1. The zero-order valence-corrected chi connectivity index (χ0v) is 19.3. The van der Waals surface area contributed by atoms with Gasteiger partial charge < -0.3 is 9.64 Å². The van der Waals surface area contributed by atoms with Crippen molar-refractivity contribution in [2.45, 2.75) is 15.7 Å². The van der Waals surface area contributed by atoms with E-state index in [4.69, 9.17) is 4.74 Å². The number of nitrogens with zero attached hydrogens (tertiary/aromatic N) is 3. The fourth-order valence-corrected chi connectivity index (χ4v) is 5.22. The van der Waals surface area contributed by atoms with Crippen molar-refractivity contribution in [3.8, 4) is 12.1 Å². The Hall–Kier alpha value is -4.07. The molecule has 6 nitrogen and oxygen atoms in total. The van der Waals surface area contributed by atoms with Gasteiger partial charge in [-0.25, -0.2) is 0 Å². The van der Waals surface area contributed by atoms with Gasteiger partial charge >= 0.3 is 5.97 Å². The predicted molar refractivity (Wildman–Crippen MR) is 127 cm³/mol. The molecule has 7 heteroatoms. The first kappa shape index (κ1) is 23.1. The highest BCUT2D eigenvalue weighted by atomic mass is 32.2. The molecule has 1 saturated heterocycles. The van der Waals surface area contributed by atoms with Crippen molar-refractivity contribution >= 4 is 23.6 Å². The lowest BCUT2D eigenvalue weighted by Crippen LogP contribution is -2.30. The molecule has 2 atom stereocenters. The number of hydrogen-bond acceptors (Lipinski definition) is 6. The topological polar surface area (TPSA) is 94.2 Å². The van der Waals surface area contributed by atoms with Gasteiger partial charge in [-0.1, -0.05) is 48.2 Å². The van der Waals surface area contributed by atoms with Crippen LogP contribution >= 0.6 is 11.8 Å². The van der Waals surface area contributed by atoms with Gasteiger partial charge in [-0.3, -0.25) is 9.59 Å². The molecule has 1 heterocycles. The third-order valence-corrected chi connectivity index (χ3v) is 7.05. The van der Waals surface area contributed by atoms with E-state index in [1.165, 1.54) is 18.9 Å². The second kappa shape index (κ2) is 10.2. The lowest BCUT2D eigenvalue weighted by Gasteiger charge is -2.18. The van der Waals surface area contributed by atoms with Crippen molar-refractivity contribution in [2.75, 3.05) is 20.2 Å². The lowest BCUT2D eigenvalue weighted by atomic mass is 9.88. The summed E-state index contributed by atoms with van der Waals surface area (Å²) in [6.45, 7) is 0.558. The molecule has 168 valence electrons. The Morgan fingerprint density at radius 2 is 1.68 bits per heavy atom. The summed E-state index contributed by atoms with van der Waals surface area (Å²) in [5, 5.41) is 18.7. The zero-order valence-electron chi connectivity index (χ0n) is 18.5. The minimum atomic E-state index is -0.526. The highest BCUT2D eigenvalue weighted by Gasteiger charge is 2.41. The Bertz CT molecular complexity index is 1320. The summed E-state index contributed by atoms with van der Waals surface area (Å²) in [6.07, 6.45) is 0. The third kappa shape index (κ3) is 4.66. The van der Waals surface area contributed by atoms with E-state index in [0.717, 1.165) is 15.4 Å². The molecule has 1 amide bonds. The molecular formula is C27H21N3O3S. The number of hydrogen-bond donors (Lipinski definition) is 0. The molecule has 0 saturated carbocycles. The van der Waals surface area contributed by atoms with Crippen molar-refractivity contribution in [2.24, 2.45) is 5.92 Å². The maximum absolute atomic E-state index is 13.6. The maximum Gasteiger partial charge on any atom is 0.311 e. The molecule has 1 aliphatic heterocycles. The summed E-state index contributed by atoms with van der Waals surface area (Å²) in [5.74, 6) is -1.37. The molecule has 1 aliphatic rings. The fourth-order valence-electron chi connectivity index (χ4n) is 4.21. The normalized spacial score (nSPS) is 17.0. The van der Waals surface area contributed by atoms with Crippen LogP contribution in [0.1, 0.15) is 33.0 Å². The molecule has 0 aliphatic carbocycles. The second-order valence-electron chi connectivity index (χ2n) is 7.89. The first-order valence-electron chi connectivity index (χ1n) is 10.7. The summed E-state index contributed by atoms with van der Waals surface area (Å²) in [7, 11) is 1.34. The Morgan fingerprint density at radius 3 is 2.41 bits per heavy atom. The first-order chi connectivity index (χ1) is 16.5. The van der Waals surface area contributed by atoms with Crippen LogP contribution < -0.4 is 0 Å². The highest BCUT2D eigenvalue weighted by molar-refractivity contribution is 7.99. The molecule has 0 aromatic heterocycles. The van der Waals surface area contributed by atoms with Crippen LogP contribution in [0.25, 0.3) is 0 Å². The Balaban J connectivity index is 1.64. The van der Waals surface area contributed by atoms with Crippen molar-refractivity contribution in [1.29, 1.82) is 10.5 Å². The van der Waals surface area contributed by atoms with E-state index in [2.05, 4.69) is 12.1 Å². The average Bonchev–Trinajstić information content (AvgIpc) is 3.34. The standard InChI is InChI=1S/C27H21N3O3S/c1-33-27(32)23-17-30(16-22(23)19-9-6-7-18(13-19)14-28)26(31)21-10-3-5-12-25(21)34-24-11-4-2-8-20(24)15-29/h2-13,22-23H,16-17H2,1H3. The van der Waals surface area contributed by atoms with Crippen LogP contribution in [-0.2, 0) is 9.53 Å². The van der Waals surface area contributed by atoms with E-state index >= 15 is 0 Å². The minimum Gasteiger partial charge on any atom is -0.469 e. The van der Waals surface area contributed by atoms with Gasteiger partial charge in [0.05, 0.1) is 35.8 Å². The van der Waals surface area contributed by atoms with Crippen LogP contribution in [0.5, 0.6) is 0 Å². The number of nitriles is 2. The molecule has 0 spiro atoms. The van der Waals surface area contributed by atoms with Crippen LogP contribution in [0, 0.1) is 28.6 Å². The van der Waals surface area contributed by atoms with E-state index in [1.54, 1.807) is 47.4 Å². The number of methoxy groups -OCH3 is 1. The van der Waals surface area contributed by atoms with Gasteiger partial charge in [0.15, 0.2) is 0 Å². The Morgan fingerprint density at radius 1 is 0.941 bits per heavy atom. The first-order valence-corrected chi connectivity index (χ1v) is 11.5. The van der Waals surface area contributed by atoms with Crippen molar-refractivity contribution < 1.29 is 14.3 Å². The summed E-state index contributed by atoms with van der Waals surface area (Å²) in [5.41, 5.74) is 2.38. The summed E-state index contributed by atoms with van der Waals surface area (Å²) < 4.78 is 5.03. The summed E-state index contributed by atoms with van der Waals surface area (Å²) in [6, 6.07) is 26.0. The number of carbonyl (C=O) groups is 2. The van der Waals surface area contributed by atoms with Crippen LogP contribution in [-0.4, -0.2) is 37.0 Å². The summed E-state index contributed by atoms with van der Waals surface area (Å²) in [4.78, 5) is 29.4. The Kier molecular flexibility index (Phi) is 6.96. The molecular weight excluding hydrogens is 446 g/mol. The predicted octanol–water partition coefficient (Wildman–Crippen LogP) is 4.61. The van der Waals surface area contributed by atoms with Crippen LogP contribution in [0.15, 0.2) is 82.6 Å². The minimum absolute atomic E-state index is 0.189. The molecule has 3 aromatic rings. The van der Waals surface area contributed by atoms with E-state index in [9.17, 15) is 20.1 Å². The van der Waals surface area contributed by atoms with E-state index in [0.29, 0.717) is 23.2 Å². The number of amides is 1. The molecule has 0 radical (unpaired) electrons. The van der Waals surface area contributed by atoms with Gasteiger partial charge in [-0.2, -0.15) is 10.5 Å². The lowest BCUT2D eigenvalue weighted by molar-refractivity contribution is -0.145. The Labute approximate surface area is 202 Å². The highest BCUT2D eigenvalue weighted by Crippen LogP contribution is 2.37. The van der Waals surface area contributed by atoms with Gasteiger partial charge in [0.2, 0.25) is 0 Å². The quantitative estimate of drug-likeness (QED) is 0.509. The molecule has 0 N–H and O–H groups in total. The van der Waals surface area contributed by atoms with Crippen LogP contribution in [0.3, 0.4) is 0 Å². The van der Waals surface area contributed by atoms with E-state index in [-0.39, 0.29) is 24.3 Å². The van der Waals surface area contributed by atoms with Crippen molar-refractivity contribution in [3.63, 3.8) is 0 Å². The number of likely N-dealkylation sites (tertiary alicyclic amines) is 1. The van der Waals surface area contributed by atoms with Gasteiger partial charge in [0.25, 0.3) is 5.91 Å². The largest absolute Gasteiger partial charge is 0.469 e. The fraction of sp³-hybridized carbons (Fsp3) is 0.185. The molecule has 3 aromatic carbocycles. The van der Waals surface area contributed by atoms with Crippen LogP contribution in [0.4, 0.5) is 0 Å². The number of ether oxygens (including phenoxy) is 1. The van der Waals surface area contributed by atoms with Crippen LogP contribution in [0.2, 0.25) is 0 Å². The van der Waals surface area contributed by atoms with Gasteiger partial charge in [-0.15, -0.1) is 0 Å². The number of carbonyl (C=O) groups excluding carboxylic acids is 2. The smallest absolute Gasteiger partial charge is 0.311 e. The van der Waals surface area contributed by atoms with Gasteiger partial charge in [-0.05, 0) is 42.0 Å². The van der Waals surface area contributed by atoms with E-state index in [1.807, 2.05) is 30.3 Å². The molecule has 4 rings (SSSR count). The monoisotopic (exact) mass is 467 g/mol. The molecule has 34 heavy (non-hydrogen) atoms. The van der Waals surface area contributed by atoms with Crippen molar-refractivity contribution in [3.05, 3.63) is 95.1 Å². The third-order valence-electron chi connectivity index (χ3n) is 5.90. The van der Waals surface area contributed by atoms with E-state index < -0.39 is 5.92 Å².